The topological polar surface area (TPSA) is 105 Å². The molecule has 12 heteroatoms. The van der Waals surface area contributed by atoms with E-state index in [0.717, 1.165) is 20.2 Å². The van der Waals surface area contributed by atoms with Crippen LogP contribution in [0.25, 0.3) is 17.1 Å². The standard InChI is InChI=1S/C22H15Br3N6O2S/c23-15-1-3-17(4-2-15)31-21(13-5-7-26-8-6-13)29-30-22(31)34-12-19(32)28-27-11-14-9-16(24)10-18(25)20(14)33/h1-11,33H,12H2,(H,28,32)/b27-11+. The van der Waals surface area contributed by atoms with E-state index in [-0.39, 0.29) is 17.4 Å². The molecule has 1 amide bonds. The van der Waals surface area contributed by atoms with Crippen molar-refractivity contribution >= 4 is 71.7 Å². The van der Waals surface area contributed by atoms with Crippen molar-refractivity contribution in [3.63, 3.8) is 0 Å². The zero-order valence-electron chi connectivity index (χ0n) is 17.2. The van der Waals surface area contributed by atoms with E-state index < -0.39 is 0 Å². The van der Waals surface area contributed by atoms with Gasteiger partial charge in [-0.25, -0.2) is 5.43 Å². The van der Waals surface area contributed by atoms with Gasteiger partial charge >= 0.3 is 0 Å². The highest BCUT2D eigenvalue weighted by molar-refractivity contribution is 9.11. The van der Waals surface area contributed by atoms with Gasteiger partial charge in [0.25, 0.3) is 5.91 Å². The van der Waals surface area contributed by atoms with Crippen LogP contribution in [0.5, 0.6) is 5.75 Å². The Morgan fingerprint density at radius 1 is 1.06 bits per heavy atom. The van der Waals surface area contributed by atoms with E-state index in [1.807, 2.05) is 41.0 Å². The second-order valence-electron chi connectivity index (χ2n) is 6.76. The van der Waals surface area contributed by atoms with E-state index in [1.54, 1.807) is 24.5 Å². The first-order valence-corrected chi connectivity index (χ1v) is 13.0. The summed E-state index contributed by atoms with van der Waals surface area (Å²) in [6, 6.07) is 14.8. The van der Waals surface area contributed by atoms with Crippen LogP contribution < -0.4 is 5.43 Å². The van der Waals surface area contributed by atoms with Gasteiger partial charge in [-0.3, -0.25) is 14.3 Å². The summed E-state index contributed by atoms with van der Waals surface area (Å²) < 4.78 is 4.12. The second-order valence-corrected chi connectivity index (χ2v) is 10.4. The van der Waals surface area contributed by atoms with Gasteiger partial charge in [-0.1, -0.05) is 43.6 Å². The Morgan fingerprint density at radius 2 is 1.79 bits per heavy atom. The van der Waals surface area contributed by atoms with Crippen LogP contribution in [0.1, 0.15) is 5.56 Å². The highest BCUT2D eigenvalue weighted by Crippen LogP contribution is 2.31. The second kappa shape index (κ2) is 11.3. The maximum atomic E-state index is 12.4. The summed E-state index contributed by atoms with van der Waals surface area (Å²) in [5.41, 5.74) is 4.63. The summed E-state index contributed by atoms with van der Waals surface area (Å²) in [5.74, 6) is 0.407. The van der Waals surface area contributed by atoms with Gasteiger partial charge in [0, 0.05) is 38.2 Å². The molecule has 34 heavy (non-hydrogen) atoms. The van der Waals surface area contributed by atoms with Crippen LogP contribution in [0.2, 0.25) is 0 Å². The predicted molar refractivity (Wildman–Crippen MR) is 142 cm³/mol. The van der Waals surface area contributed by atoms with Gasteiger partial charge in [0.1, 0.15) is 5.75 Å². The lowest BCUT2D eigenvalue weighted by Gasteiger charge is -2.10. The molecule has 2 aromatic carbocycles. The normalized spacial score (nSPS) is 11.1. The lowest BCUT2D eigenvalue weighted by atomic mass is 10.2. The number of aromatic hydroxyl groups is 1. The highest BCUT2D eigenvalue weighted by atomic mass is 79.9. The molecule has 0 aliphatic carbocycles. The molecule has 0 atom stereocenters. The molecule has 0 fully saturated rings. The Morgan fingerprint density at radius 3 is 2.53 bits per heavy atom. The lowest BCUT2D eigenvalue weighted by Crippen LogP contribution is -2.20. The van der Waals surface area contributed by atoms with Gasteiger partial charge in [-0.15, -0.1) is 10.2 Å². The number of benzene rings is 2. The molecule has 0 saturated heterocycles. The van der Waals surface area contributed by atoms with Crippen molar-refractivity contribution < 1.29 is 9.90 Å². The molecule has 0 bridgehead atoms. The third-order valence-electron chi connectivity index (χ3n) is 4.44. The number of hydrogen-bond donors (Lipinski definition) is 2. The van der Waals surface area contributed by atoms with Crippen molar-refractivity contribution in [1.29, 1.82) is 0 Å². The number of carbonyl (C=O) groups excluding carboxylic acids is 1. The average molecular weight is 667 g/mol. The smallest absolute Gasteiger partial charge is 0.250 e. The van der Waals surface area contributed by atoms with Crippen molar-refractivity contribution in [2.45, 2.75) is 5.16 Å². The SMILES string of the molecule is O=C(CSc1nnc(-c2ccncc2)n1-c1ccc(Br)cc1)N/N=C/c1cc(Br)cc(Br)c1O. The third kappa shape index (κ3) is 5.93. The Labute approximate surface area is 224 Å². The molecule has 4 rings (SSSR count). The Balaban J connectivity index is 1.50. The zero-order valence-corrected chi connectivity index (χ0v) is 22.8. The van der Waals surface area contributed by atoms with E-state index in [1.165, 1.54) is 18.0 Å². The molecule has 2 aromatic heterocycles. The van der Waals surface area contributed by atoms with E-state index in [4.69, 9.17) is 0 Å². The molecule has 0 spiro atoms. The average Bonchev–Trinajstić information content (AvgIpc) is 3.26. The first-order valence-electron chi connectivity index (χ1n) is 9.67. The molecule has 2 N–H and O–H groups in total. The van der Waals surface area contributed by atoms with E-state index in [0.29, 0.717) is 21.0 Å². The van der Waals surface area contributed by atoms with Crippen LogP contribution in [0.15, 0.2) is 84.6 Å². The number of hydrogen-bond acceptors (Lipinski definition) is 7. The van der Waals surface area contributed by atoms with Gasteiger partial charge in [-0.2, -0.15) is 5.10 Å². The first-order chi connectivity index (χ1) is 16.4. The lowest BCUT2D eigenvalue weighted by molar-refractivity contribution is -0.118. The molecule has 4 aromatic rings. The summed E-state index contributed by atoms with van der Waals surface area (Å²) in [5, 5.41) is 23.2. The van der Waals surface area contributed by atoms with E-state index in [2.05, 4.69) is 73.5 Å². The molecular formula is C22H15Br3N6O2S. The molecule has 0 saturated carbocycles. The molecule has 0 unspecified atom stereocenters. The number of hydrazone groups is 1. The number of pyridine rings is 1. The summed E-state index contributed by atoms with van der Waals surface area (Å²) >= 11 is 11.3. The number of nitrogens with zero attached hydrogens (tertiary/aromatic N) is 5. The fourth-order valence-electron chi connectivity index (χ4n) is 2.89. The molecule has 172 valence electrons. The van der Waals surface area contributed by atoms with Crippen molar-refractivity contribution in [2.75, 3.05) is 5.75 Å². The van der Waals surface area contributed by atoms with Crippen molar-refractivity contribution in [3.05, 3.63) is 79.9 Å². The van der Waals surface area contributed by atoms with Crippen molar-refractivity contribution in [1.82, 2.24) is 25.2 Å². The fraction of sp³-hybridized carbons (Fsp3) is 0.0455. The largest absolute Gasteiger partial charge is 0.506 e. The maximum absolute atomic E-state index is 12.4. The molecular weight excluding hydrogens is 652 g/mol. The number of phenols is 1. The van der Waals surface area contributed by atoms with Crippen LogP contribution in [-0.4, -0.2) is 42.7 Å². The number of carbonyl (C=O) groups is 1. The molecule has 2 heterocycles. The van der Waals surface area contributed by atoms with Gasteiger partial charge in [-0.05, 0) is 64.5 Å². The minimum atomic E-state index is -0.328. The summed E-state index contributed by atoms with van der Waals surface area (Å²) in [4.78, 5) is 16.5. The van der Waals surface area contributed by atoms with Crippen LogP contribution in [0.3, 0.4) is 0 Å². The van der Waals surface area contributed by atoms with Crippen molar-refractivity contribution in [3.8, 4) is 22.8 Å². The van der Waals surface area contributed by atoms with Crippen LogP contribution in [-0.2, 0) is 4.79 Å². The zero-order chi connectivity index (χ0) is 24.1. The van der Waals surface area contributed by atoms with Crippen molar-refractivity contribution in [2.24, 2.45) is 5.10 Å². The predicted octanol–water partition coefficient (Wildman–Crippen LogP) is 5.56. The van der Waals surface area contributed by atoms with Gasteiger partial charge < -0.3 is 5.11 Å². The molecule has 0 aliphatic rings. The fourth-order valence-corrected chi connectivity index (χ4v) is 5.16. The number of phenolic OH excluding ortho intramolecular Hbond substituents is 1. The highest BCUT2D eigenvalue weighted by Gasteiger charge is 2.17. The summed E-state index contributed by atoms with van der Waals surface area (Å²) in [6.07, 6.45) is 4.75. The summed E-state index contributed by atoms with van der Waals surface area (Å²) in [7, 11) is 0. The monoisotopic (exact) mass is 664 g/mol. The van der Waals surface area contributed by atoms with Crippen LogP contribution in [0, 0.1) is 0 Å². The van der Waals surface area contributed by atoms with Gasteiger partial charge in [0.2, 0.25) is 0 Å². The van der Waals surface area contributed by atoms with Gasteiger partial charge in [0.15, 0.2) is 11.0 Å². The third-order valence-corrected chi connectivity index (χ3v) is 6.96. The summed E-state index contributed by atoms with van der Waals surface area (Å²) in [6.45, 7) is 0. The Kier molecular flexibility index (Phi) is 8.14. The quantitative estimate of drug-likeness (QED) is 0.152. The number of amides is 1. The van der Waals surface area contributed by atoms with Crippen LogP contribution in [0.4, 0.5) is 0 Å². The number of aromatic nitrogens is 4. The van der Waals surface area contributed by atoms with Crippen LogP contribution >= 0.6 is 59.6 Å². The molecule has 8 nitrogen and oxygen atoms in total. The number of halogens is 3. The number of rotatable bonds is 7. The molecule has 0 radical (unpaired) electrons. The van der Waals surface area contributed by atoms with E-state index >= 15 is 0 Å². The molecule has 0 aliphatic heterocycles. The van der Waals surface area contributed by atoms with E-state index in [9.17, 15) is 9.90 Å². The first kappa shape index (κ1) is 24.6. The van der Waals surface area contributed by atoms with Gasteiger partial charge in [0.05, 0.1) is 16.4 Å². The minimum Gasteiger partial charge on any atom is -0.506 e. The minimum absolute atomic E-state index is 0.0295. The number of thioether (sulfide) groups is 1. The Hall–Kier alpha value is -2.54. The number of nitrogens with one attached hydrogen (secondary N) is 1. The Bertz CT molecular complexity index is 1350. The maximum Gasteiger partial charge on any atom is 0.250 e.